The zero-order chi connectivity index (χ0) is 18.4. The van der Waals surface area contributed by atoms with E-state index in [2.05, 4.69) is 4.74 Å². The molecule has 0 rings (SSSR count). The minimum atomic E-state index is -7.01. The molecule has 0 aromatic heterocycles. The van der Waals surface area contributed by atoms with Gasteiger partial charge in [0.1, 0.15) is 6.61 Å². The van der Waals surface area contributed by atoms with E-state index in [0.29, 0.717) is 0 Å². The zero-order valence-electron chi connectivity index (χ0n) is 11.9. The van der Waals surface area contributed by atoms with Crippen LogP contribution in [0.15, 0.2) is 0 Å². The van der Waals surface area contributed by atoms with E-state index >= 15 is 0 Å². The molecular formula is C11H14F10O. The Balaban J connectivity index is 5.69. The highest BCUT2D eigenvalue weighted by molar-refractivity contribution is 5.07. The van der Waals surface area contributed by atoms with Crippen molar-refractivity contribution >= 4 is 0 Å². The Labute approximate surface area is 119 Å². The lowest BCUT2D eigenvalue weighted by atomic mass is 9.95. The smallest absolute Gasteiger partial charge is 0.369 e. The lowest BCUT2D eigenvalue weighted by Crippen LogP contribution is -2.67. The summed E-state index contributed by atoms with van der Waals surface area (Å²) in [5.41, 5.74) is -1.48. The third-order valence-corrected chi connectivity index (χ3v) is 2.49. The lowest BCUT2D eigenvalue weighted by molar-refractivity contribution is -0.403. The van der Waals surface area contributed by atoms with Gasteiger partial charge in [0.15, 0.2) is 0 Å². The lowest BCUT2D eigenvalue weighted by Gasteiger charge is -2.39. The van der Waals surface area contributed by atoms with Crippen molar-refractivity contribution in [2.75, 3.05) is 6.61 Å². The molecule has 0 N–H and O–H groups in total. The number of hydrogen-bond donors (Lipinski definition) is 0. The molecule has 0 unspecified atom stereocenters. The van der Waals surface area contributed by atoms with Crippen molar-refractivity contribution in [3.05, 3.63) is 0 Å². The monoisotopic (exact) mass is 352 g/mol. The molecule has 0 heterocycles. The fraction of sp³-hybridized carbons (Fsp3) is 1.00. The SMILES string of the molecule is CC(C)(C)OCC(F)(F)C(F)(F)C(F)(F)C(F)(F)C(C)(F)F. The van der Waals surface area contributed by atoms with E-state index in [0.717, 1.165) is 20.8 Å². The molecule has 0 aliphatic heterocycles. The topological polar surface area (TPSA) is 9.23 Å². The van der Waals surface area contributed by atoms with Crippen LogP contribution in [-0.2, 0) is 4.74 Å². The fourth-order valence-corrected chi connectivity index (χ4v) is 1.10. The van der Waals surface area contributed by atoms with Crippen molar-refractivity contribution in [3.63, 3.8) is 0 Å². The highest BCUT2D eigenvalue weighted by atomic mass is 19.4. The number of hydrogen-bond acceptors (Lipinski definition) is 1. The van der Waals surface area contributed by atoms with Gasteiger partial charge in [-0.05, 0) is 20.8 Å². The minimum absolute atomic E-state index is 0.777. The Morgan fingerprint density at radius 2 is 0.955 bits per heavy atom. The molecular weight excluding hydrogens is 338 g/mol. The molecule has 1 nitrogen and oxygen atoms in total. The third kappa shape index (κ3) is 3.60. The standard InChI is InChI=1S/C11H14F10O/c1-6(2,3)22-5-8(14,15)10(18,19)11(20,21)9(16,17)7(4,12)13/h5H2,1-4H3. The molecule has 22 heavy (non-hydrogen) atoms. The average molecular weight is 352 g/mol. The molecule has 11 heteroatoms. The van der Waals surface area contributed by atoms with Gasteiger partial charge in [0.05, 0.1) is 5.60 Å². The predicted molar refractivity (Wildman–Crippen MR) is 56.1 cm³/mol. The van der Waals surface area contributed by atoms with Gasteiger partial charge in [-0.25, -0.2) is 0 Å². The summed E-state index contributed by atoms with van der Waals surface area (Å²) in [5.74, 6) is -31.9. The Hall–Kier alpha value is -0.740. The average Bonchev–Trinajstić information content (AvgIpc) is 2.23. The molecule has 134 valence electrons. The first-order chi connectivity index (χ1) is 9.21. The summed E-state index contributed by atoms with van der Waals surface area (Å²) >= 11 is 0. The maximum Gasteiger partial charge on any atom is 0.384 e. The van der Waals surface area contributed by atoms with Crippen LogP contribution in [0.3, 0.4) is 0 Å². The zero-order valence-corrected chi connectivity index (χ0v) is 11.9. The van der Waals surface area contributed by atoms with Gasteiger partial charge in [0, 0.05) is 6.92 Å². The minimum Gasteiger partial charge on any atom is -0.369 e. The summed E-state index contributed by atoms with van der Waals surface area (Å²) in [5, 5.41) is 0. The molecule has 0 aromatic carbocycles. The molecule has 0 aliphatic rings. The van der Waals surface area contributed by atoms with Crippen LogP contribution in [0.2, 0.25) is 0 Å². The molecule has 0 aliphatic carbocycles. The maximum absolute atomic E-state index is 13.2. The normalized spacial score (nSPS) is 16.1. The van der Waals surface area contributed by atoms with Crippen LogP contribution in [0.4, 0.5) is 43.9 Å². The highest BCUT2D eigenvalue weighted by Gasteiger charge is 2.85. The Bertz CT molecular complexity index is 391. The van der Waals surface area contributed by atoms with Gasteiger partial charge in [-0.3, -0.25) is 0 Å². The Morgan fingerprint density at radius 1 is 0.591 bits per heavy atom. The number of alkyl halides is 10. The molecule has 0 bridgehead atoms. The van der Waals surface area contributed by atoms with Gasteiger partial charge in [0.2, 0.25) is 0 Å². The van der Waals surface area contributed by atoms with E-state index in [4.69, 9.17) is 0 Å². The predicted octanol–water partition coefficient (Wildman–Crippen LogP) is 5.00. The van der Waals surface area contributed by atoms with E-state index in [-0.39, 0.29) is 0 Å². The van der Waals surface area contributed by atoms with Gasteiger partial charge >= 0.3 is 29.6 Å². The van der Waals surface area contributed by atoms with Gasteiger partial charge in [-0.15, -0.1) is 0 Å². The first kappa shape index (κ1) is 21.3. The fourth-order valence-electron chi connectivity index (χ4n) is 1.10. The van der Waals surface area contributed by atoms with E-state index in [9.17, 15) is 43.9 Å². The molecule has 0 saturated carbocycles. The largest absolute Gasteiger partial charge is 0.384 e. The summed E-state index contributed by atoms with van der Waals surface area (Å²) < 4.78 is 134. The van der Waals surface area contributed by atoms with Gasteiger partial charge < -0.3 is 4.74 Å². The second-order valence-corrected chi connectivity index (χ2v) is 5.72. The number of rotatable bonds is 6. The van der Waals surface area contributed by atoms with E-state index in [1.165, 1.54) is 0 Å². The van der Waals surface area contributed by atoms with Crippen molar-refractivity contribution < 1.29 is 48.6 Å². The molecule has 0 amide bonds. The van der Waals surface area contributed by atoms with Crippen molar-refractivity contribution in [3.8, 4) is 0 Å². The second-order valence-electron chi connectivity index (χ2n) is 5.72. The maximum atomic E-state index is 13.2. The van der Waals surface area contributed by atoms with Crippen molar-refractivity contribution in [2.24, 2.45) is 0 Å². The van der Waals surface area contributed by atoms with Crippen molar-refractivity contribution in [1.29, 1.82) is 0 Å². The van der Waals surface area contributed by atoms with Crippen LogP contribution in [-0.4, -0.2) is 41.8 Å². The van der Waals surface area contributed by atoms with Crippen molar-refractivity contribution in [1.82, 2.24) is 0 Å². The molecule has 0 saturated heterocycles. The molecule has 0 spiro atoms. The third-order valence-electron chi connectivity index (χ3n) is 2.49. The first-order valence-electron chi connectivity index (χ1n) is 5.74. The summed E-state index contributed by atoms with van der Waals surface area (Å²) in [6, 6.07) is 0. The van der Waals surface area contributed by atoms with E-state index in [1.54, 1.807) is 0 Å². The Kier molecular flexibility index (Phi) is 5.23. The summed E-state index contributed by atoms with van der Waals surface area (Å²) in [7, 11) is 0. The van der Waals surface area contributed by atoms with Gasteiger partial charge in [-0.1, -0.05) is 0 Å². The summed E-state index contributed by atoms with van der Waals surface area (Å²) in [4.78, 5) is 0. The van der Waals surface area contributed by atoms with Crippen LogP contribution in [0.25, 0.3) is 0 Å². The highest BCUT2D eigenvalue weighted by Crippen LogP contribution is 2.56. The van der Waals surface area contributed by atoms with E-state index < -0.39 is 48.7 Å². The van der Waals surface area contributed by atoms with Crippen LogP contribution >= 0.6 is 0 Å². The van der Waals surface area contributed by atoms with Crippen LogP contribution in [0.1, 0.15) is 27.7 Å². The van der Waals surface area contributed by atoms with Crippen molar-refractivity contribution in [2.45, 2.75) is 62.9 Å². The molecule has 0 aromatic rings. The summed E-state index contributed by atoms with van der Waals surface area (Å²) in [6.07, 6.45) is 0. The number of ether oxygens (including phenoxy) is 1. The summed E-state index contributed by atoms with van der Waals surface area (Å²) in [6.45, 7) is 0.182. The van der Waals surface area contributed by atoms with E-state index in [1.807, 2.05) is 0 Å². The first-order valence-corrected chi connectivity index (χ1v) is 5.74. The van der Waals surface area contributed by atoms with Crippen LogP contribution in [0.5, 0.6) is 0 Å². The molecule has 0 radical (unpaired) electrons. The van der Waals surface area contributed by atoms with Crippen LogP contribution in [0, 0.1) is 0 Å². The number of halogens is 10. The second kappa shape index (κ2) is 5.41. The van der Waals surface area contributed by atoms with Crippen LogP contribution < -0.4 is 0 Å². The Morgan fingerprint density at radius 3 is 1.23 bits per heavy atom. The van der Waals surface area contributed by atoms with Gasteiger partial charge in [0.25, 0.3) is 0 Å². The quantitative estimate of drug-likeness (QED) is 0.612. The molecule has 0 fully saturated rings. The molecule has 0 atom stereocenters. The van der Waals surface area contributed by atoms with Gasteiger partial charge in [-0.2, -0.15) is 43.9 Å².